The predicted octanol–water partition coefficient (Wildman–Crippen LogP) is 0.242. The largest absolute Gasteiger partial charge is 0.368 e. The molecule has 5 heteroatoms. The van der Waals surface area contributed by atoms with Gasteiger partial charge < -0.3 is 16.0 Å². The molecule has 5 nitrogen and oxygen atoms in total. The highest BCUT2D eigenvalue weighted by atomic mass is 16.2. The van der Waals surface area contributed by atoms with E-state index in [0.29, 0.717) is 18.9 Å². The summed E-state index contributed by atoms with van der Waals surface area (Å²) in [5.74, 6) is 0.347. The minimum atomic E-state index is -0.361. The number of piperidine rings is 1. The van der Waals surface area contributed by atoms with Gasteiger partial charge in [0.15, 0.2) is 0 Å². The number of likely N-dealkylation sites (tertiary alicyclic amines) is 1. The molecule has 0 aromatic carbocycles. The van der Waals surface area contributed by atoms with E-state index in [4.69, 9.17) is 5.73 Å². The first-order valence-electron chi connectivity index (χ1n) is 6.98. The minimum Gasteiger partial charge on any atom is -0.368 e. The molecule has 2 aliphatic rings. The molecule has 0 aliphatic carbocycles. The highest BCUT2D eigenvalue weighted by molar-refractivity contribution is 5.87. The standard InChI is InChI=1S/C13H23N3O2/c14-13(18)11-4-2-8-16(11)12(17)6-5-10-3-1-7-15-9-10/h10-11,15H,1-9H2,(H2,14,18). The molecule has 3 N–H and O–H groups in total. The fourth-order valence-corrected chi connectivity index (χ4v) is 3.00. The Bertz CT molecular complexity index is 313. The van der Waals surface area contributed by atoms with Crippen LogP contribution in [0, 0.1) is 5.92 Å². The third-order valence-electron chi connectivity index (χ3n) is 4.07. The molecule has 2 fully saturated rings. The lowest BCUT2D eigenvalue weighted by molar-refractivity contribution is -0.137. The maximum atomic E-state index is 12.1. The van der Waals surface area contributed by atoms with Crippen LogP contribution in [0.4, 0.5) is 0 Å². The minimum absolute atomic E-state index is 0.0990. The molecule has 2 unspecified atom stereocenters. The Morgan fingerprint density at radius 3 is 2.78 bits per heavy atom. The van der Waals surface area contributed by atoms with Crippen LogP contribution in [0.25, 0.3) is 0 Å². The van der Waals surface area contributed by atoms with Crippen LogP contribution in [0.15, 0.2) is 0 Å². The molecular weight excluding hydrogens is 230 g/mol. The summed E-state index contributed by atoms with van der Waals surface area (Å²) in [5, 5.41) is 3.36. The van der Waals surface area contributed by atoms with Crippen molar-refractivity contribution in [1.82, 2.24) is 10.2 Å². The van der Waals surface area contributed by atoms with Crippen molar-refractivity contribution in [2.75, 3.05) is 19.6 Å². The van der Waals surface area contributed by atoms with Crippen LogP contribution >= 0.6 is 0 Å². The molecule has 0 radical (unpaired) electrons. The first kappa shape index (κ1) is 13.3. The molecule has 0 aromatic heterocycles. The third kappa shape index (κ3) is 3.22. The average Bonchev–Trinajstić information content (AvgIpc) is 2.86. The van der Waals surface area contributed by atoms with Crippen LogP contribution in [0.2, 0.25) is 0 Å². The van der Waals surface area contributed by atoms with Crippen LogP contribution in [0.5, 0.6) is 0 Å². The highest BCUT2D eigenvalue weighted by Gasteiger charge is 2.32. The number of amides is 2. The molecule has 2 saturated heterocycles. The summed E-state index contributed by atoms with van der Waals surface area (Å²) >= 11 is 0. The molecule has 2 rings (SSSR count). The van der Waals surface area contributed by atoms with Crippen molar-refractivity contribution in [1.29, 1.82) is 0 Å². The summed E-state index contributed by atoms with van der Waals surface area (Å²) in [6.07, 6.45) is 5.51. The van der Waals surface area contributed by atoms with Crippen molar-refractivity contribution < 1.29 is 9.59 Å². The van der Waals surface area contributed by atoms with Crippen molar-refractivity contribution in [2.24, 2.45) is 11.7 Å². The Kier molecular flexibility index (Phi) is 4.58. The molecule has 0 bridgehead atoms. The first-order valence-corrected chi connectivity index (χ1v) is 6.98. The van der Waals surface area contributed by atoms with Crippen molar-refractivity contribution >= 4 is 11.8 Å². The van der Waals surface area contributed by atoms with Gasteiger partial charge in [-0.3, -0.25) is 9.59 Å². The molecule has 0 saturated carbocycles. The van der Waals surface area contributed by atoms with Crippen LogP contribution < -0.4 is 11.1 Å². The summed E-state index contributed by atoms with van der Waals surface area (Å²) in [6, 6.07) is -0.359. The lowest BCUT2D eigenvalue weighted by Gasteiger charge is -2.25. The molecule has 0 aromatic rings. The van der Waals surface area contributed by atoms with Crippen LogP contribution in [0.3, 0.4) is 0 Å². The maximum absolute atomic E-state index is 12.1. The summed E-state index contributed by atoms with van der Waals surface area (Å²) in [7, 11) is 0. The van der Waals surface area contributed by atoms with Crippen LogP contribution in [0.1, 0.15) is 38.5 Å². The zero-order chi connectivity index (χ0) is 13.0. The van der Waals surface area contributed by atoms with Gasteiger partial charge in [0, 0.05) is 13.0 Å². The number of nitrogens with two attached hydrogens (primary N) is 1. The fraction of sp³-hybridized carbons (Fsp3) is 0.846. The van der Waals surface area contributed by atoms with E-state index in [0.717, 1.165) is 32.4 Å². The van der Waals surface area contributed by atoms with E-state index in [2.05, 4.69) is 5.32 Å². The van der Waals surface area contributed by atoms with Crippen molar-refractivity contribution in [2.45, 2.75) is 44.6 Å². The van der Waals surface area contributed by atoms with Gasteiger partial charge in [0.2, 0.25) is 11.8 Å². The number of primary amides is 1. The van der Waals surface area contributed by atoms with Crippen LogP contribution in [-0.4, -0.2) is 42.4 Å². The monoisotopic (exact) mass is 253 g/mol. The second kappa shape index (κ2) is 6.18. The molecule has 2 heterocycles. The van der Waals surface area contributed by atoms with Gasteiger partial charge in [0.05, 0.1) is 0 Å². The van der Waals surface area contributed by atoms with Gasteiger partial charge in [-0.05, 0) is 51.1 Å². The Labute approximate surface area is 108 Å². The number of rotatable bonds is 4. The highest BCUT2D eigenvalue weighted by Crippen LogP contribution is 2.21. The van der Waals surface area contributed by atoms with Gasteiger partial charge in [-0.2, -0.15) is 0 Å². The van der Waals surface area contributed by atoms with Gasteiger partial charge in [0.25, 0.3) is 0 Å². The molecule has 102 valence electrons. The number of carbonyl (C=O) groups excluding carboxylic acids is 2. The average molecular weight is 253 g/mol. The second-order valence-corrected chi connectivity index (χ2v) is 5.40. The van der Waals surface area contributed by atoms with Gasteiger partial charge in [-0.15, -0.1) is 0 Å². The van der Waals surface area contributed by atoms with Gasteiger partial charge >= 0.3 is 0 Å². The van der Waals surface area contributed by atoms with Gasteiger partial charge in [-0.25, -0.2) is 0 Å². The maximum Gasteiger partial charge on any atom is 0.240 e. The molecule has 2 amide bonds. The predicted molar refractivity (Wildman–Crippen MR) is 68.8 cm³/mol. The smallest absolute Gasteiger partial charge is 0.240 e. The number of nitrogens with one attached hydrogen (secondary N) is 1. The first-order chi connectivity index (χ1) is 8.68. The quantitative estimate of drug-likeness (QED) is 0.753. The summed E-state index contributed by atoms with van der Waals surface area (Å²) in [4.78, 5) is 25.0. The topological polar surface area (TPSA) is 75.4 Å². The Morgan fingerprint density at radius 1 is 1.28 bits per heavy atom. The van der Waals surface area contributed by atoms with Crippen LogP contribution in [-0.2, 0) is 9.59 Å². The number of carbonyl (C=O) groups is 2. The molecule has 2 aliphatic heterocycles. The Balaban J connectivity index is 1.78. The zero-order valence-corrected chi connectivity index (χ0v) is 10.9. The molecule has 0 spiro atoms. The second-order valence-electron chi connectivity index (χ2n) is 5.40. The summed E-state index contributed by atoms with van der Waals surface area (Å²) in [6.45, 7) is 2.81. The SMILES string of the molecule is NC(=O)C1CCCN1C(=O)CCC1CCCNC1. The zero-order valence-electron chi connectivity index (χ0n) is 10.9. The van der Waals surface area contributed by atoms with Gasteiger partial charge in [0.1, 0.15) is 6.04 Å². The van der Waals surface area contributed by atoms with Crippen molar-refractivity contribution in [3.8, 4) is 0 Å². The molecule has 2 atom stereocenters. The Hall–Kier alpha value is -1.10. The van der Waals surface area contributed by atoms with Crippen molar-refractivity contribution in [3.05, 3.63) is 0 Å². The number of hydrogen-bond donors (Lipinski definition) is 2. The third-order valence-corrected chi connectivity index (χ3v) is 4.07. The summed E-state index contributed by atoms with van der Waals surface area (Å²) in [5.41, 5.74) is 5.32. The number of hydrogen-bond acceptors (Lipinski definition) is 3. The van der Waals surface area contributed by atoms with E-state index in [1.807, 2.05) is 0 Å². The van der Waals surface area contributed by atoms with E-state index >= 15 is 0 Å². The lowest BCUT2D eigenvalue weighted by Crippen LogP contribution is -2.43. The van der Waals surface area contributed by atoms with E-state index in [1.54, 1.807) is 4.90 Å². The van der Waals surface area contributed by atoms with E-state index < -0.39 is 0 Å². The summed E-state index contributed by atoms with van der Waals surface area (Å²) < 4.78 is 0. The van der Waals surface area contributed by atoms with Crippen molar-refractivity contribution in [3.63, 3.8) is 0 Å². The van der Waals surface area contributed by atoms with Gasteiger partial charge in [-0.1, -0.05) is 0 Å². The van der Waals surface area contributed by atoms with E-state index in [-0.39, 0.29) is 17.9 Å². The molecular formula is C13H23N3O2. The normalized spacial score (nSPS) is 28.3. The number of nitrogens with zero attached hydrogens (tertiary/aromatic N) is 1. The Morgan fingerprint density at radius 2 is 2.11 bits per heavy atom. The fourth-order valence-electron chi connectivity index (χ4n) is 3.00. The lowest BCUT2D eigenvalue weighted by atomic mass is 9.94. The van der Waals surface area contributed by atoms with E-state index in [1.165, 1.54) is 12.8 Å². The van der Waals surface area contributed by atoms with E-state index in [9.17, 15) is 9.59 Å². The molecule has 18 heavy (non-hydrogen) atoms.